The number of likely N-dealkylation sites (tertiary alicyclic amines) is 1. The Hall–Kier alpha value is -2.38. The average Bonchev–Trinajstić information content (AvgIpc) is 3.32. The summed E-state index contributed by atoms with van der Waals surface area (Å²) in [7, 11) is 3.38. The molecule has 2 N–H and O–H groups in total. The number of nitrogens with zero attached hydrogens (tertiary/aromatic N) is 3. The zero-order valence-electron chi connectivity index (χ0n) is 17.9. The first-order valence-corrected chi connectivity index (χ1v) is 10.2. The molecule has 1 unspecified atom stereocenters. The van der Waals surface area contributed by atoms with E-state index in [0.717, 1.165) is 24.4 Å². The van der Waals surface area contributed by atoms with Crippen LogP contribution in [0.3, 0.4) is 0 Å². The maximum absolute atomic E-state index is 14.1. The minimum atomic E-state index is -0.346. The molecule has 8 heteroatoms. The molecule has 166 valence electrons. The van der Waals surface area contributed by atoms with Gasteiger partial charge in [-0.2, -0.15) is 5.26 Å². The molecule has 0 aromatic heterocycles. The summed E-state index contributed by atoms with van der Waals surface area (Å²) < 4.78 is 19.6. The van der Waals surface area contributed by atoms with Crippen molar-refractivity contribution in [3.8, 4) is 11.8 Å². The van der Waals surface area contributed by atoms with Crippen LogP contribution in [0.2, 0.25) is 0 Å². The van der Waals surface area contributed by atoms with Crippen LogP contribution in [0.4, 0.5) is 4.39 Å². The minimum absolute atomic E-state index is 0. The number of methoxy groups -OCH3 is 1. The van der Waals surface area contributed by atoms with Crippen LogP contribution in [-0.4, -0.2) is 44.7 Å². The van der Waals surface area contributed by atoms with E-state index in [4.69, 9.17) is 10.00 Å². The fourth-order valence-corrected chi connectivity index (χ4v) is 3.80. The highest BCUT2D eigenvalue weighted by Gasteiger charge is 2.26. The molecule has 0 bridgehead atoms. The molecule has 0 radical (unpaired) electrons. The Morgan fingerprint density at radius 1 is 1.23 bits per heavy atom. The van der Waals surface area contributed by atoms with Gasteiger partial charge in [0.05, 0.1) is 24.8 Å². The molecule has 1 fully saturated rings. The highest BCUT2D eigenvalue weighted by atomic mass is 127. The molecule has 31 heavy (non-hydrogen) atoms. The van der Waals surface area contributed by atoms with Gasteiger partial charge in [-0.05, 0) is 50.2 Å². The van der Waals surface area contributed by atoms with E-state index in [1.807, 2.05) is 24.3 Å². The van der Waals surface area contributed by atoms with E-state index in [2.05, 4.69) is 26.6 Å². The van der Waals surface area contributed by atoms with E-state index in [1.54, 1.807) is 20.2 Å². The standard InChI is InChI=1S/C23H28FN5O.HI/c1-26-23(27-15-18-13-17(14-25)9-10-20(18)24)28-16-21(29-11-5-6-12-29)19-7-3-4-8-22(19)30-2;/h3-4,7-10,13,21H,5-6,11-12,15-16H2,1-2H3,(H2,26,27,28);1H. The van der Waals surface area contributed by atoms with Crippen LogP contribution in [0.1, 0.15) is 35.6 Å². The molecule has 1 saturated heterocycles. The third-order valence-electron chi connectivity index (χ3n) is 5.39. The van der Waals surface area contributed by atoms with Crippen LogP contribution in [0.25, 0.3) is 0 Å². The molecule has 2 aromatic carbocycles. The Bertz CT molecular complexity index is 924. The van der Waals surface area contributed by atoms with Crippen molar-refractivity contribution >= 4 is 29.9 Å². The van der Waals surface area contributed by atoms with Gasteiger partial charge >= 0.3 is 0 Å². The summed E-state index contributed by atoms with van der Waals surface area (Å²) in [6.45, 7) is 2.97. The SMILES string of the molecule is CN=C(NCc1cc(C#N)ccc1F)NCC(c1ccccc1OC)N1CCCC1.I. The van der Waals surface area contributed by atoms with E-state index in [9.17, 15) is 4.39 Å². The highest BCUT2D eigenvalue weighted by molar-refractivity contribution is 14.0. The lowest BCUT2D eigenvalue weighted by molar-refractivity contribution is 0.239. The molecular weight excluding hydrogens is 508 g/mol. The first kappa shape index (κ1) is 24.9. The molecular formula is C23H29FIN5O. The summed E-state index contributed by atoms with van der Waals surface area (Å²) in [5, 5.41) is 15.5. The summed E-state index contributed by atoms with van der Waals surface area (Å²) in [4.78, 5) is 6.72. The number of nitriles is 1. The van der Waals surface area contributed by atoms with Crippen molar-refractivity contribution in [3.63, 3.8) is 0 Å². The number of aliphatic imine (C=N–C) groups is 1. The second-order valence-electron chi connectivity index (χ2n) is 7.23. The quantitative estimate of drug-likeness (QED) is 0.319. The molecule has 6 nitrogen and oxygen atoms in total. The third kappa shape index (κ3) is 6.55. The first-order valence-electron chi connectivity index (χ1n) is 10.2. The zero-order chi connectivity index (χ0) is 21.3. The fraction of sp³-hybridized carbons (Fsp3) is 0.391. The maximum Gasteiger partial charge on any atom is 0.191 e. The number of para-hydroxylation sites is 1. The van der Waals surface area contributed by atoms with Crippen molar-refractivity contribution in [1.82, 2.24) is 15.5 Å². The van der Waals surface area contributed by atoms with Gasteiger partial charge in [-0.25, -0.2) is 4.39 Å². The van der Waals surface area contributed by atoms with E-state index in [-0.39, 0.29) is 42.4 Å². The topological polar surface area (TPSA) is 72.7 Å². The van der Waals surface area contributed by atoms with Gasteiger partial charge in [0.2, 0.25) is 0 Å². The molecule has 2 aromatic rings. The van der Waals surface area contributed by atoms with Gasteiger partial charge in [0.25, 0.3) is 0 Å². The van der Waals surface area contributed by atoms with Crippen molar-refractivity contribution in [2.75, 3.05) is 33.8 Å². The van der Waals surface area contributed by atoms with Crippen molar-refractivity contribution < 1.29 is 9.13 Å². The largest absolute Gasteiger partial charge is 0.496 e. The molecule has 1 heterocycles. The lowest BCUT2D eigenvalue weighted by Gasteiger charge is -2.30. The zero-order valence-corrected chi connectivity index (χ0v) is 20.2. The second kappa shape index (κ2) is 12.5. The van der Waals surface area contributed by atoms with E-state index < -0.39 is 0 Å². The van der Waals surface area contributed by atoms with Crippen molar-refractivity contribution in [2.24, 2.45) is 4.99 Å². The summed E-state index contributed by atoms with van der Waals surface area (Å²) in [6.07, 6.45) is 2.38. The molecule has 0 amide bonds. The van der Waals surface area contributed by atoms with Crippen LogP contribution in [0.5, 0.6) is 5.75 Å². The van der Waals surface area contributed by atoms with Crippen LogP contribution < -0.4 is 15.4 Å². The number of halogens is 2. The summed E-state index contributed by atoms with van der Waals surface area (Å²) in [6, 6.07) is 14.6. The van der Waals surface area contributed by atoms with Gasteiger partial charge in [-0.1, -0.05) is 18.2 Å². The van der Waals surface area contributed by atoms with Crippen molar-refractivity contribution in [1.29, 1.82) is 5.26 Å². The van der Waals surface area contributed by atoms with E-state index in [1.165, 1.54) is 25.0 Å². The number of nitrogens with one attached hydrogen (secondary N) is 2. The molecule has 1 aliphatic rings. The Kier molecular flexibility index (Phi) is 10.0. The smallest absolute Gasteiger partial charge is 0.191 e. The molecule has 0 aliphatic carbocycles. The minimum Gasteiger partial charge on any atom is -0.496 e. The van der Waals surface area contributed by atoms with Gasteiger partial charge in [-0.15, -0.1) is 24.0 Å². The fourth-order valence-electron chi connectivity index (χ4n) is 3.80. The monoisotopic (exact) mass is 537 g/mol. The maximum atomic E-state index is 14.1. The Balaban J connectivity index is 0.00000341. The first-order chi connectivity index (χ1) is 14.7. The number of hydrogen-bond acceptors (Lipinski definition) is 4. The third-order valence-corrected chi connectivity index (χ3v) is 5.39. The number of ether oxygens (including phenoxy) is 1. The van der Waals surface area contributed by atoms with Gasteiger partial charge in [0.1, 0.15) is 11.6 Å². The second-order valence-corrected chi connectivity index (χ2v) is 7.23. The van der Waals surface area contributed by atoms with Gasteiger partial charge < -0.3 is 15.4 Å². The number of guanidine groups is 1. The summed E-state index contributed by atoms with van der Waals surface area (Å²) in [5.74, 6) is 1.10. The van der Waals surface area contributed by atoms with Gasteiger partial charge in [0, 0.05) is 31.3 Å². The predicted octanol–water partition coefficient (Wildman–Crippen LogP) is 3.83. The molecule has 3 rings (SSSR count). The van der Waals surface area contributed by atoms with Crippen molar-refractivity contribution in [3.05, 3.63) is 65.0 Å². The van der Waals surface area contributed by atoms with Crippen LogP contribution in [0.15, 0.2) is 47.5 Å². The number of benzene rings is 2. The number of hydrogen-bond donors (Lipinski definition) is 2. The normalized spacial score (nSPS) is 15.0. The summed E-state index contributed by atoms with van der Waals surface area (Å²) >= 11 is 0. The Morgan fingerprint density at radius 3 is 2.65 bits per heavy atom. The highest BCUT2D eigenvalue weighted by Crippen LogP contribution is 2.31. The average molecular weight is 537 g/mol. The number of rotatable bonds is 7. The Labute approximate surface area is 200 Å². The van der Waals surface area contributed by atoms with Crippen LogP contribution in [0, 0.1) is 17.1 Å². The lowest BCUT2D eigenvalue weighted by atomic mass is 10.0. The molecule has 1 aliphatic heterocycles. The van der Waals surface area contributed by atoms with E-state index in [0.29, 0.717) is 23.6 Å². The molecule has 1 atom stereocenters. The molecule has 0 saturated carbocycles. The van der Waals surface area contributed by atoms with Gasteiger partial charge in [0.15, 0.2) is 5.96 Å². The van der Waals surface area contributed by atoms with Crippen LogP contribution in [-0.2, 0) is 6.54 Å². The van der Waals surface area contributed by atoms with E-state index >= 15 is 0 Å². The van der Waals surface area contributed by atoms with Crippen LogP contribution >= 0.6 is 24.0 Å². The summed E-state index contributed by atoms with van der Waals surface area (Å²) in [5.41, 5.74) is 2.00. The van der Waals surface area contributed by atoms with Gasteiger partial charge in [-0.3, -0.25) is 9.89 Å². The molecule has 0 spiro atoms. The predicted molar refractivity (Wildman–Crippen MR) is 131 cm³/mol. The lowest BCUT2D eigenvalue weighted by Crippen LogP contribution is -2.42. The Morgan fingerprint density at radius 2 is 1.97 bits per heavy atom. The van der Waals surface area contributed by atoms with Crippen molar-refractivity contribution in [2.45, 2.75) is 25.4 Å².